The zero-order valence-corrected chi connectivity index (χ0v) is 12.7. The van der Waals surface area contributed by atoms with Crippen molar-refractivity contribution in [3.05, 3.63) is 54.1 Å². The fourth-order valence-electron chi connectivity index (χ4n) is 2.31. The summed E-state index contributed by atoms with van der Waals surface area (Å²) in [6.07, 6.45) is 1.35. The number of phenolic OH excluding ortho intramolecular Hbond substituents is 2. The molecule has 7 nitrogen and oxygen atoms in total. The van der Waals surface area contributed by atoms with Crippen LogP contribution in [0.5, 0.6) is 11.5 Å². The van der Waals surface area contributed by atoms with Crippen LogP contribution in [0.3, 0.4) is 0 Å². The van der Waals surface area contributed by atoms with E-state index in [-0.39, 0.29) is 36.4 Å². The van der Waals surface area contributed by atoms with Gasteiger partial charge in [-0.3, -0.25) is 9.59 Å². The van der Waals surface area contributed by atoms with Gasteiger partial charge >= 0.3 is 0 Å². The molecule has 1 heterocycles. The van der Waals surface area contributed by atoms with Crippen molar-refractivity contribution in [2.45, 2.75) is 0 Å². The first-order chi connectivity index (χ1) is 11.5. The summed E-state index contributed by atoms with van der Waals surface area (Å²) in [4.78, 5) is 25.9. The van der Waals surface area contributed by atoms with Crippen molar-refractivity contribution in [1.29, 1.82) is 0 Å². The third-order valence-corrected chi connectivity index (χ3v) is 3.58. The number of piperazine rings is 1. The Morgan fingerprint density at radius 2 is 1.67 bits per heavy atom. The minimum Gasteiger partial charge on any atom is -0.504 e. The average molecular weight is 325 g/mol. The van der Waals surface area contributed by atoms with E-state index < -0.39 is 0 Å². The number of aromatic hydroxyl groups is 2. The summed E-state index contributed by atoms with van der Waals surface area (Å²) in [5, 5.41) is 23.8. The van der Waals surface area contributed by atoms with Crippen molar-refractivity contribution < 1.29 is 19.8 Å². The second kappa shape index (κ2) is 6.41. The summed E-state index contributed by atoms with van der Waals surface area (Å²) in [5.74, 6) is -1.06. The fraction of sp³-hybridized carbons (Fsp3) is 0.118. The Morgan fingerprint density at radius 3 is 2.38 bits per heavy atom. The van der Waals surface area contributed by atoms with E-state index in [2.05, 4.69) is 5.10 Å². The summed E-state index contributed by atoms with van der Waals surface area (Å²) >= 11 is 0. The van der Waals surface area contributed by atoms with Crippen LogP contribution >= 0.6 is 0 Å². The van der Waals surface area contributed by atoms with E-state index in [1.807, 2.05) is 6.07 Å². The quantitative estimate of drug-likeness (QED) is 0.657. The van der Waals surface area contributed by atoms with Crippen molar-refractivity contribution in [3.8, 4) is 11.5 Å². The van der Waals surface area contributed by atoms with Crippen molar-refractivity contribution in [3.63, 3.8) is 0 Å². The molecule has 2 amide bonds. The molecule has 2 aromatic carbocycles. The molecule has 1 aliphatic heterocycles. The van der Waals surface area contributed by atoms with Crippen LogP contribution in [0.1, 0.15) is 5.56 Å². The van der Waals surface area contributed by atoms with Crippen LogP contribution in [-0.4, -0.2) is 46.3 Å². The van der Waals surface area contributed by atoms with E-state index >= 15 is 0 Å². The normalized spacial score (nSPS) is 15.3. The number of phenols is 2. The van der Waals surface area contributed by atoms with Gasteiger partial charge in [0.05, 0.1) is 6.21 Å². The Bertz CT molecular complexity index is 805. The summed E-state index contributed by atoms with van der Waals surface area (Å²) in [6.45, 7) is -0.241. The largest absolute Gasteiger partial charge is 0.504 e. The Labute approximate surface area is 138 Å². The molecule has 2 aromatic rings. The zero-order valence-electron chi connectivity index (χ0n) is 12.7. The van der Waals surface area contributed by atoms with Gasteiger partial charge in [0.2, 0.25) is 5.91 Å². The van der Waals surface area contributed by atoms with E-state index in [9.17, 15) is 19.8 Å². The molecule has 0 unspecified atom stereocenters. The minimum atomic E-state index is -0.308. The van der Waals surface area contributed by atoms with E-state index in [1.54, 1.807) is 24.3 Å². The lowest BCUT2D eigenvalue weighted by Gasteiger charge is -2.31. The molecule has 2 N–H and O–H groups in total. The van der Waals surface area contributed by atoms with Gasteiger partial charge in [0.1, 0.15) is 13.1 Å². The maximum absolute atomic E-state index is 12.2. The average Bonchev–Trinajstić information content (AvgIpc) is 2.59. The van der Waals surface area contributed by atoms with Gasteiger partial charge < -0.3 is 15.1 Å². The molecule has 7 heteroatoms. The monoisotopic (exact) mass is 325 g/mol. The Balaban J connectivity index is 1.73. The third-order valence-electron chi connectivity index (χ3n) is 3.58. The Kier molecular flexibility index (Phi) is 4.15. The van der Waals surface area contributed by atoms with Gasteiger partial charge in [0, 0.05) is 5.69 Å². The molecule has 122 valence electrons. The molecule has 0 radical (unpaired) electrons. The first-order valence-electron chi connectivity index (χ1n) is 7.26. The number of hydrazone groups is 1. The van der Waals surface area contributed by atoms with Gasteiger partial charge in [-0.1, -0.05) is 18.2 Å². The highest BCUT2D eigenvalue weighted by Gasteiger charge is 2.30. The van der Waals surface area contributed by atoms with Crippen LogP contribution in [0.4, 0.5) is 5.69 Å². The number of rotatable bonds is 3. The summed E-state index contributed by atoms with van der Waals surface area (Å²) in [6, 6.07) is 13.1. The predicted octanol–water partition coefficient (Wildman–Crippen LogP) is 1.31. The predicted molar refractivity (Wildman–Crippen MR) is 87.9 cm³/mol. The molecule has 0 spiro atoms. The number of hydrogen-bond acceptors (Lipinski definition) is 5. The highest BCUT2D eigenvalue weighted by atomic mass is 16.3. The second-order valence-corrected chi connectivity index (χ2v) is 5.26. The van der Waals surface area contributed by atoms with Gasteiger partial charge in [-0.25, -0.2) is 5.01 Å². The number of carbonyl (C=O) groups is 2. The molecule has 1 fully saturated rings. The topological polar surface area (TPSA) is 93.4 Å². The van der Waals surface area contributed by atoms with E-state index in [0.29, 0.717) is 11.3 Å². The SMILES string of the molecule is O=C1CN(c2ccccc2)C(=O)CN1/N=C/c1ccc(O)c(O)c1. The number of hydrogen-bond donors (Lipinski definition) is 2. The minimum absolute atomic E-state index is 0.0823. The molecule has 1 saturated heterocycles. The molecule has 0 bridgehead atoms. The summed E-state index contributed by atoms with van der Waals surface area (Å²) < 4.78 is 0. The first kappa shape index (κ1) is 15.5. The van der Waals surface area contributed by atoms with Crippen LogP contribution in [0.15, 0.2) is 53.6 Å². The number of benzene rings is 2. The van der Waals surface area contributed by atoms with Gasteiger partial charge in [-0.15, -0.1) is 0 Å². The number of nitrogens with zero attached hydrogens (tertiary/aromatic N) is 3. The van der Waals surface area contributed by atoms with E-state index in [4.69, 9.17) is 0 Å². The van der Waals surface area contributed by atoms with Crippen LogP contribution in [0.2, 0.25) is 0 Å². The Hall–Kier alpha value is -3.35. The number of amides is 2. The molecular formula is C17H15N3O4. The Morgan fingerprint density at radius 1 is 0.917 bits per heavy atom. The molecule has 0 saturated carbocycles. The number of anilines is 1. The van der Waals surface area contributed by atoms with Gasteiger partial charge in [-0.05, 0) is 35.9 Å². The van der Waals surface area contributed by atoms with Crippen molar-refractivity contribution >= 4 is 23.7 Å². The smallest absolute Gasteiger partial charge is 0.263 e. The van der Waals surface area contributed by atoms with E-state index in [0.717, 1.165) is 5.01 Å². The molecule has 0 aromatic heterocycles. The van der Waals surface area contributed by atoms with Crippen molar-refractivity contribution in [2.24, 2.45) is 5.10 Å². The standard InChI is InChI=1S/C17H15N3O4/c21-14-7-6-12(8-15(14)22)9-18-20-11-16(23)19(10-17(20)24)13-4-2-1-3-5-13/h1-9,21-22H,10-11H2/b18-9+. The van der Waals surface area contributed by atoms with E-state index in [1.165, 1.54) is 29.3 Å². The maximum Gasteiger partial charge on any atom is 0.263 e. The summed E-state index contributed by atoms with van der Waals surface area (Å²) in [5.41, 5.74) is 1.17. The number of para-hydroxylation sites is 1. The molecule has 3 rings (SSSR count). The van der Waals surface area contributed by atoms with Gasteiger partial charge in [-0.2, -0.15) is 5.10 Å². The highest BCUT2D eigenvalue weighted by Crippen LogP contribution is 2.24. The van der Waals surface area contributed by atoms with Gasteiger partial charge in [0.25, 0.3) is 5.91 Å². The molecule has 1 aliphatic rings. The third kappa shape index (κ3) is 3.19. The van der Waals surface area contributed by atoms with Crippen LogP contribution in [0, 0.1) is 0 Å². The van der Waals surface area contributed by atoms with Gasteiger partial charge in [0.15, 0.2) is 11.5 Å². The fourth-order valence-corrected chi connectivity index (χ4v) is 2.31. The second-order valence-electron chi connectivity index (χ2n) is 5.26. The highest BCUT2D eigenvalue weighted by molar-refractivity contribution is 6.04. The van der Waals surface area contributed by atoms with Crippen LogP contribution in [-0.2, 0) is 9.59 Å². The molecule has 0 aliphatic carbocycles. The molecule has 0 atom stereocenters. The molecular weight excluding hydrogens is 310 g/mol. The zero-order chi connectivity index (χ0) is 17.1. The number of carbonyl (C=O) groups excluding carboxylic acids is 2. The van der Waals surface area contributed by atoms with Crippen LogP contribution < -0.4 is 4.90 Å². The maximum atomic E-state index is 12.2. The lowest BCUT2D eigenvalue weighted by molar-refractivity contribution is -0.138. The first-order valence-corrected chi connectivity index (χ1v) is 7.26. The van der Waals surface area contributed by atoms with Crippen molar-refractivity contribution in [2.75, 3.05) is 18.0 Å². The lowest BCUT2D eigenvalue weighted by atomic mass is 10.2. The summed E-state index contributed by atoms with van der Waals surface area (Å²) in [7, 11) is 0. The molecule has 24 heavy (non-hydrogen) atoms. The lowest BCUT2D eigenvalue weighted by Crippen LogP contribution is -2.52. The van der Waals surface area contributed by atoms with Crippen molar-refractivity contribution in [1.82, 2.24) is 5.01 Å². The van der Waals surface area contributed by atoms with Crippen LogP contribution in [0.25, 0.3) is 0 Å².